The number of benzene rings is 4. The molecule has 0 amide bonds. The molecule has 0 nitrogen and oxygen atoms in total. The molecule has 4 aromatic carbocycles. The molecule has 10 heteroatoms. The third-order valence-corrected chi connectivity index (χ3v) is 12.2. The quantitative estimate of drug-likeness (QED) is 0.162. The summed E-state index contributed by atoms with van der Waals surface area (Å²) in [5, 5.41) is 8.97. The molecule has 0 aliphatic heterocycles. The predicted molar refractivity (Wildman–Crippen MR) is 173 cm³/mol. The summed E-state index contributed by atoms with van der Waals surface area (Å²) in [6, 6.07) is 22.6. The molecule has 0 heterocycles. The van der Waals surface area contributed by atoms with Gasteiger partial charge in [0.2, 0.25) is 0 Å². The summed E-state index contributed by atoms with van der Waals surface area (Å²) in [5.74, 6) is 0. The second-order valence-corrected chi connectivity index (χ2v) is 16.3. The summed E-state index contributed by atoms with van der Waals surface area (Å²) in [4.78, 5) is 0. The fraction of sp³-hybridized carbons (Fsp3) is 0.111. The van der Waals surface area contributed by atoms with E-state index < -0.39 is 15.8 Å². The van der Waals surface area contributed by atoms with Gasteiger partial charge in [-0.3, -0.25) is 0 Å². The number of hydrogen-bond acceptors (Lipinski definition) is 0. The van der Waals surface area contributed by atoms with Crippen LogP contribution in [-0.4, -0.2) is 12.3 Å². The first-order chi connectivity index (χ1) is 17.6. The average Bonchev–Trinajstić information content (AvgIpc) is 2.76. The van der Waals surface area contributed by atoms with Gasteiger partial charge >= 0.3 is 0 Å². The molecule has 0 unspecified atom stereocenters. The minimum Gasteiger partial charge on any atom is -0.0843 e. The Morgan fingerprint density at radius 3 is 0.703 bits per heavy atom. The van der Waals surface area contributed by atoms with Crippen molar-refractivity contribution in [3.63, 3.8) is 0 Å². The van der Waals surface area contributed by atoms with Crippen molar-refractivity contribution >= 4 is 130 Å². The molecule has 0 bridgehead atoms. The first-order valence-corrected chi connectivity index (χ1v) is 17.0. The minimum absolute atomic E-state index is 0.590. The summed E-state index contributed by atoms with van der Waals surface area (Å²) in [6.45, 7) is 0. The van der Waals surface area contributed by atoms with Gasteiger partial charge in [0, 0.05) is 40.2 Å². The topological polar surface area (TPSA) is 0 Å². The molecule has 0 aliphatic rings. The van der Waals surface area contributed by atoms with Gasteiger partial charge in [0.05, 0.1) is 0 Å². The maximum atomic E-state index is 6.38. The third kappa shape index (κ3) is 8.52. The summed E-state index contributed by atoms with van der Waals surface area (Å²) in [5.41, 5.74) is 0. The van der Waals surface area contributed by atoms with Crippen LogP contribution in [-0.2, 0) is 0 Å². The molecule has 0 spiro atoms. The lowest BCUT2D eigenvalue weighted by molar-refractivity contribution is 1.11. The maximum Gasteiger partial charge on any atom is 0.0427 e. The number of halogens is 8. The highest BCUT2D eigenvalue weighted by Crippen LogP contribution is 2.42. The first-order valence-electron chi connectivity index (χ1n) is 11.0. The van der Waals surface area contributed by atoms with Crippen molar-refractivity contribution in [3.05, 3.63) is 113 Å². The second kappa shape index (κ2) is 13.6. The van der Waals surface area contributed by atoms with E-state index in [1.165, 1.54) is 0 Å². The smallest absolute Gasteiger partial charge is 0.0427 e. The summed E-state index contributed by atoms with van der Waals surface area (Å²) < 4.78 is 0. The van der Waals surface area contributed by atoms with E-state index in [1.807, 2.05) is 48.5 Å². The zero-order valence-corrected chi connectivity index (χ0v) is 26.8. The van der Waals surface area contributed by atoms with Crippen molar-refractivity contribution in [2.75, 3.05) is 12.3 Å². The van der Waals surface area contributed by atoms with Crippen LogP contribution in [0.1, 0.15) is 6.42 Å². The molecule has 0 atom stereocenters. The molecular formula is C27H18Cl8P2. The molecule has 4 rings (SSSR count). The van der Waals surface area contributed by atoms with E-state index in [0.717, 1.165) is 40.0 Å². The van der Waals surface area contributed by atoms with Gasteiger partial charge in [-0.15, -0.1) is 0 Å². The van der Waals surface area contributed by atoms with Crippen LogP contribution in [0, 0.1) is 0 Å². The highest BCUT2D eigenvalue weighted by atomic mass is 35.5. The maximum absolute atomic E-state index is 6.38. The van der Waals surface area contributed by atoms with Crippen LogP contribution in [0.5, 0.6) is 0 Å². The molecule has 0 N–H and O–H groups in total. The van der Waals surface area contributed by atoms with E-state index in [-0.39, 0.29) is 0 Å². The standard InChI is InChI=1S/C27H18Cl8P2/c28-16-4-17(29)9-24(8-16)36(25-10-18(30)5-19(31)11-25)2-1-3-37(26-12-20(32)6-21(33)13-26)27-14-22(34)7-23(35)15-27/h4-15H,1-3H2. The van der Waals surface area contributed by atoms with E-state index in [9.17, 15) is 0 Å². The summed E-state index contributed by atoms with van der Waals surface area (Å²) in [7, 11) is -1.68. The minimum atomic E-state index is -0.841. The van der Waals surface area contributed by atoms with Crippen molar-refractivity contribution in [2.45, 2.75) is 6.42 Å². The molecule has 4 aromatic rings. The third-order valence-electron chi connectivity index (χ3n) is 5.40. The Kier molecular flexibility index (Phi) is 11.0. The Morgan fingerprint density at radius 1 is 0.324 bits per heavy atom. The lowest BCUT2D eigenvalue weighted by Crippen LogP contribution is -2.18. The molecule has 37 heavy (non-hydrogen) atoms. The average molecular weight is 688 g/mol. The summed E-state index contributed by atoms with van der Waals surface area (Å²) >= 11 is 51.0. The molecular weight excluding hydrogens is 670 g/mol. The highest BCUT2D eigenvalue weighted by molar-refractivity contribution is 7.74. The fourth-order valence-corrected chi connectivity index (χ4v) is 11.9. The van der Waals surface area contributed by atoms with Crippen LogP contribution >= 0.6 is 109 Å². The van der Waals surface area contributed by atoms with Crippen LogP contribution < -0.4 is 21.2 Å². The Morgan fingerprint density at radius 2 is 0.514 bits per heavy atom. The van der Waals surface area contributed by atoms with Gasteiger partial charge in [0.1, 0.15) is 0 Å². The van der Waals surface area contributed by atoms with E-state index in [4.69, 9.17) is 92.8 Å². The van der Waals surface area contributed by atoms with Crippen molar-refractivity contribution in [2.24, 2.45) is 0 Å². The molecule has 192 valence electrons. The largest absolute Gasteiger partial charge is 0.0843 e. The lowest BCUT2D eigenvalue weighted by atomic mass is 10.3. The van der Waals surface area contributed by atoms with Gasteiger partial charge in [-0.05, 0) is 129 Å². The van der Waals surface area contributed by atoms with Crippen molar-refractivity contribution in [3.8, 4) is 0 Å². The van der Waals surface area contributed by atoms with Crippen LogP contribution in [0.25, 0.3) is 0 Å². The van der Waals surface area contributed by atoms with Crippen LogP contribution in [0.4, 0.5) is 0 Å². The van der Waals surface area contributed by atoms with E-state index in [2.05, 4.69) is 0 Å². The highest BCUT2D eigenvalue weighted by Gasteiger charge is 2.20. The van der Waals surface area contributed by atoms with Crippen LogP contribution in [0.3, 0.4) is 0 Å². The van der Waals surface area contributed by atoms with Crippen molar-refractivity contribution in [1.82, 2.24) is 0 Å². The zero-order chi connectivity index (χ0) is 26.7. The Bertz CT molecular complexity index is 1130. The number of rotatable bonds is 8. The van der Waals surface area contributed by atoms with Gasteiger partial charge in [-0.25, -0.2) is 0 Å². The predicted octanol–water partition coefficient (Wildman–Crippen LogP) is 10.9. The monoisotopic (exact) mass is 684 g/mol. The van der Waals surface area contributed by atoms with E-state index >= 15 is 0 Å². The van der Waals surface area contributed by atoms with Gasteiger partial charge in [-0.1, -0.05) is 92.8 Å². The fourth-order valence-electron chi connectivity index (χ4n) is 3.98. The van der Waals surface area contributed by atoms with Crippen molar-refractivity contribution in [1.29, 1.82) is 0 Å². The molecule has 0 radical (unpaired) electrons. The second-order valence-electron chi connectivity index (χ2n) is 8.17. The molecule has 0 fully saturated rings. The normalized spacial score (nSPS) is 11.5. The van der Waals surface area contributed by atoms with E-state index in [1.54, 1.807) is 24.3 Å². The Hall–Kier alpha value is 0.0600. The Balaban J connectivity index is 1.68. The first kappa shape index (κ1) is 30.0. The molecule has 0 aromatic heterocycles. The van der Waals surface area contributed by atoms with Gasteiger partial charge in [-0.2, -0.15) is 0 Å². The van der Waals surface area contributed by atoms with Crippen molar-refractivity contribution < 1.29 is 0 Å². The number of hydrogen-bond donors (Lipinski definition) is 0. The van der Waals surface area contributed by atoms with Gasteiger partial charge < -0.3 is 0 Å². The molecule has 0 saturated carbocycles. The zero-order valence-electron chi connectivity index (χ0n) is 19.0. The molecule has 0 saturated heterocycles. The molecule has 0 aliphatic carbocycles. The lowest BCUT2D eigenvalue weighted by Gasteiger charge is -2.23. The van der Waals surface area contributed by atoms with Gasteiger partial charge in [0.15, 0.2) is 0 Å². The summed E-state index contributed by atoms with van der Waals surface area (Å²) in [6.07, 6.45) is 2.62. The SMILES string of the molecule is Clc1cc(Cl)cc(P(CCCP(c2cc(Cl)cc(Cl)c2)c2cc(Cl)cc(Cl)c2)c2cc(Cl)cc(Cl)c2)c1. The van der Waals surface area contributed by atoms with Crippen LogP contribution in [0.15, 0.2) is 72.8 Å². The van der Waals surface area contributed by atoms with Crippen LogP contribution in [0.2, 0.25) is 40.2 Å². The van der Waals surface area contributed by atoms with E-state index in [0.29, 0.717) is 40.2 Å². The van der Waals surface area contributed by atoms with Gasteiger partial charge in [0.25, 0.3) is 0 Å². The Labute approximate surface area is 259 Å².